The van der Waals surface area contributed by atoms with Crippen LogP contribution in [-0.4, -0.2) is 30.7 Å². The Bertz CT molecular complexity index is 436. The molecule has 1 fully saturated rings. The maximum Gasteiger partial charge on any atom is 0.0991 e. The summed E-state index contributed by atoms with van der Waals surface area (Å²) in [6.07, 6.45) is 0.322. The molecule has 90 valence electrons. The van der Waals surface area contributed by atoms with Gasteiger partial charge in [0.25, 0.3) is 0 Å². The third-order valence-electron chi connectivity index (χ3n) is 3.19. The van der Waals surface area contributed by atoms with Gasteiger partial charge in [-0.05, 0) is 37.1 Å². The molecule has 1 aliphatic heterocycles. The highest BCUT2D eigenvalue weighted by Crippen LogP contribution is 2.15. The molecule has 17 heavy (non-hydrogen) atoms. The van der Waals surface area contributed by atoms with E-state index in [0.717, 1.165) is 31.8 Å². The van der Waals surface area contributed by atoms with Crippen molar-refractivity contribution >= 4 is 0 Å². The second-order valence-corrected chi connectivity index (χ2v) is 4.67. The monoisotopic (exact) mass is 230 g/mol. The average molecular weight is 230 g/mol. The van der Waals surface area contributed by atoms with Gasteiger partial charge in [0, 0.05) is 19.6 Å². The van der Waals surface area contributed by atoms with Gasteiger partial charge in [-0.1, -0.05) is 6.07 Å². The van der Waals surface area contributed by atoms with Crippen molar-refractivity contribution in [2.24, 2.45) is 0 Å². The summed E-state index contributed by atoms with van der Waals surface area (Å²) >= 11 is 0. The first-order chi connectivity index (χ1) is 8.19. The highest BCUT2D eigenvalue weighted by Gasteiger charge is 2.17. The number of morpholine rings is 1. The Morgan fingerprint density at radius 2 is 2.35 bits per heavy atom. The third kappa shape index (κ3) is 3.06. The summed E-state index contributed by atoms with van der Waals surface area (Å²) in [5.74, 6) is 0. The van der Waals surface area contributed by atoms with Crippen LogP contribution in [0.3, 0.4) is 0 Å². The lowest BCUT2D eigenvalue weighted by Gasteiger charge is -2.31. The molecule has 0 saturated carbocycles. The van der Waals surface area contributed by atoms with Gasteiger partial charge >= 0.3 is 0 Å². The number of ether oxygens (including phenoxy) is 1. The van der Waals surface area contributed by atoms with E-state index in [4.69, 9.17) is 10.00 Å². The van der Waals surface area contributed by atoms with Gasteiger partial charge in [-0.3, -0.25) is 4.90 Å². The van der Waals surface area contributed by atoms with E-state index >= 15 is 0 Å². The maximum absolute atomic E-state index is 8.83. The molecule has 1 aliphatic rings. The van der Waals surface area contributed by atoms with Crippen molar-refractivity contribution in [3.63, 3.8) is 0 Å². The van der Waals surface area contributed by atoms with Crippen LogP contribution in [0.5, 0.6) is 0 Å². The zero-order valence-electron chi connectivity index (χ0n) is 10.4. The van der Waals surface area contributed by atoms with E-state index in [-0.39, 0.29) is 0 Å². The topological polar surface area (TPSA) is 36.3 Å². The van der Waals surface area contributed by atoms with Crippen LogP contribution in [-0.2, 0) is 11.3 Å². The van der Waals surface area contributed by atoms with Gasteiger partial charge in [-0.2, -0.15) is 5.26 Å². The van der Waals surface area contributed by atoms with Crippen LogP contribution in [0.2, 0.25) is 0 Å². The Morgan fingerprint density at radius 1 is 1.53 bits per heavy atom. The van der Waals surface area contributed by atoms with Crippen LogP contribution in [0.1, 0.15) is 23.6 Å². The first-order valence-corrected chi connectivity index (χ1v) is 6.02. The number of benzene rings is 1. The number of aryl methyl sites for hydroxylation is 1. The summed E-state index contributed by atoms with van der Waals surface area (Å²) in [5, 5.41) is 8.83. The van der Waals surface area contributed by atoms with Gasteiger partial charge in [-0.25, -0.2) is 0 Å². The molecule has 1 aromatic carbocycles. The molecule has 1 atom stereocenters. The fourth-order valence-electron chi connectivity index (χ4n) is 2.22. The van der Waals surface area contributed by atoms with E-state index in [0.29, 0.717) is 6.10 Å². The molecule has 2 rings (SSSR count). The minimum atomic E-state index is 0.322. The Morgan fingerprint density at radius 3 is 3.00 bits per heavy atom. The van der Waals surface area contributed by atoms with E-state index < -0.39 is 0 Å². The minimum Gasteiger partial charge on any atom is -0.376 e. The second-order valence-electron chi connectivity index (χ2n) is 4.67. The Hall–Kier alpha value is -1.37. The Labute approximate surface area is 103 Å². The molecule has 0 spiro atoms. The molecular weight excluding hydrogens is 212 g/mol. The fourth-order valence-corrected chi connectivity index (χ4v) is 2.22. The van der Waals surface area contributed by atoms with Crippen LogP contribution in [0.4, 0.5) is 0 Å². The molecule has 1 saturated heterocycles. The highest BCUT2D eigenvalue weighted by molar-refractivity contribution is 5.37. The zero-order chi connectivity index (χ0) is 12.3. The molecule has 0 radical (unpaired) electrons. The summed E-state index contributed by atoms with van der Waals surface area (Å²) in [4.78, 5) is 2.41. The van der Waals surface area contributed by atoms with E-state index in [2.05, 4.69) is 30.9 Å². The Balaban J connectivity index is 2.06. The molecule has 3 heteroatoms. The van der Waals surface area contributed by atoms with Gasteiger partial charge in [0.05, 0.1) is 24.3 Å². The SMILES string of the molecule is Cc1cc(C#N)ccc1CN1CCOC(C)C1. The summed E-state index contributed by atoms with van der Waals surface area (Å²) < 4.78 is 5.53. The van der Waals surface area contributed by atoms with Gasteiger partial charge in [0.2, 0.25) is 0 Å². The van der Waals surface area contributed by atoms with E-state index in [1.807, 2.05) is 12.1 Å². The first kappa shape index (κ1) is 12.1. The second kappa shape index (κ2) is 5.31. The Kier molecular flexibility index (Phi) is 3.78. The van der Waals surface area contributed by atoms with Gasteiger partial charge in [0.15, 0.2) is 0 Å². The van der Waals surface area contributed by atoms with Crippen molar-refractivity contribution < 1.29 is 4.74 Å². The quantitative estimate of drug-likeness (QED) is 0.780. The standard InChI is InChI=1S/C14H18N2O/c1-11-7-13(8-15)3-4-14(11)10-16-5-6-17-12(2)9-16/h3-4,7,12H,5-6,9-10H2,1-2H3. The molecule has 1 aromatic rings. The van der Waals surface area contributed by atoms with E-state index in [1.165, 1.54) is 11.1 Å². The van der Waals surface area contributed by atoms with Crippen molar-refractivity contribution in [1.29, 1.82) is 5.26 Å². The molecule has 0 aromatic heterocycles. The minimum absolute atomic E-state index is 0.322. The summed E-state index contributed by atoms with van der Waals surface area (Å²) in [6, 6.07) is 8.09. The van der Waals surface area contributed by atoms with E-state index in [9.17, 15) is 0 Å². The number of hydrogen-bond acceptors (Lipinski definition) is 3. The largest absolute Gasteiger partial charge is 0.376 e. The fraction of sp³-hybridized carbons (Fsp3) is 0.500. The van der Waals surface area contributed by atoms with Crippen molar-refractivity contribution in [2.45, 2.75) is 26.5 Å². The van der Waals surface area contributed by atoms with Crippen molar-refractivity contribution in [1.82, 2.24) is 4.90 Å². The van der Waals surface area contributed by atoms with Crippen LogP contribution in [0, 0.1) is 18.3 Å². The predicted molar refractivity (Wildman–Crippen MR) is 66.6 cm³/mol. The molecule has 0 bridgehead atoms. The van der Waals surface area contributed by atoms with Crippen LogP contribution in [0.25, 0.3) is 0 Å². The molecular formula is C14H18N2O. The van der Waals surface area contributed by atoms with Crippen LogP contribution < -0.4 is 0 Å². The molecule has 1 heterocycles. The van der Waals surface area contributed by atoms with Crippen LogP contribution >= 0.6 is 0 Å². The molecule has 0 N–H and O–H groups in total. The lowest BCUT2D eigenvalue weighted by molar-refractivity contribution is -0.0212. The number of hydrogen-bond donors (Lipinski definition) is 0. The van der Waals surface area contributed by atoms with Crippen molar-refractivity contribution in [3.05, 3.63) is 34.9 Å². The highest BCUT2D eigenvalue weighted by atomic mass is 16.5. The summed E-state index contributed by atoms with van der Waals surface area (Å²) in [5.41, 5.74) is 3.24. The summed E-state index contributed by atoms with van der Waals surface area (Å²) in [6.45, 7) is 7.92. The predicted octanol–water partition coefficient (Wildman–Crippen LogP) is 2.09. The lowest BCUT2D eigenvalue weighted by atomic mass is 10.0. The van der Waals surface area contributed by atoms with Crippen LogP contribution in [0.15, 0.2) is 18.2 Å². The molecule has 1 unspecified atom stereocenters. The zero-order valence-corrected chi connectivity index (χ0v) is 10.4. The smallest absolute Gasteiger partial charge is 0.0991 e. The third-order valence-corrected chi connectivity index (χ3v) is 3.19. The number of nitriles is 1. The van der Waals surface area contributed by atoms with Gasteiger partial charge in [0.1, 0.15) is 0 Å². The van der Waals surface area contributed by atoms with Crippen molar-refractivity contribution in [2.75, 3.05) is 19.7 Å². The number of rotatable bonds is 2. The normalized spacial score (nSPS) is 21.1. The maximum atomic E-state index is 8.83. The molecule has 3 nitrogen and oxygen atoms in total. The van der Waals surface area contributed by atoms with Crippen molar-refractivity contribution in [3.8, 4) is 6.07 Å². The average Bonchev–Trinajstić information content (AvgIpc) is 2.32. The van der Waals surface area contributed by atoms with E-state index in [1.54, 1.807) is 0 Å². The molecule has 0 amide bonds. The van der Waals surface area contributed by atoms with Gasteiger partial charge < -0.3 is 4.74 Å². The number of nitrogens with zero attached hydrogens (tertiary/aromatic N) is 2. The lowest BCUT2D eigenvalue weighted by Crippen LogP contribution is -2.40. The molecule has 0 aliphatic carbocycles. The summed E-state index contributed by atoms with van der Waals surface area (Å²) in [7, 11) is 0. The van der Waals surface area contributed by atoms with Gasteiger partial charge in [-0.15, -0.1) is 0 Å². The first-order valence-electron chi connectivity index (χ1n) is 6.02.